The van der Waals surface area contributed by atoms with E-state index in [0.717, 1.165) is 38.5 Å². The van der Waals surface area contributed by atoms with Crippen LogP contribution in [0.25, 0.3) is 0 Å². The quantitative estimate of drug-likeness (QED) is 0.0657. The highest BCUT2D eigenvalue weighted by molar-refractivity contribution is 7.82. The highest BCUT2D eigenvalue weighted by Gasteiger charge is 2.22. The van der Waals surface area contributed by atoms with Crippen LogP contribution in [0.3, 0.4) is 0 Å². The van der Waals surface area contributed by atoms with Gasteiger partial charge in [0.25, 0.3) is 0 Å². The van der Waals surface area contributed by atoms with Gasteiger partial charge in [0.2, 0.25) is 0 Å². The van der Waals surface area contributed by atoms with E-state index in [1.807, 2.05) is 0 Å². The lowest BCUT2D eigenvalue weighted by molar-refractivity contribution is -0.138. The predicted molar refractivity (Wildman–Crippen MR) is 180 cm³/mol. The van der Waals surface area contributed by atoms with Crippen molar-refractivity contribution in [2.45, 2.75) is 219 Å². The third-order valence-electron chi connectivity index (χ3n) is 8.36. The van der Waals surface area contributed by atoms with Crippen molar-refractivity contribution in [3.8, 4) is 0 Å². The molecule has 0 saturated heterocycles. The summed E-state index contributed by atoms with van der Waals surface area (Å²) in [4.78, 5) is 23.8. The highest BCUT2D eigenvalue weighted by atomic mass is 32.3. The minimum atomic E-state index is -4.62. The summed E-state index contributed by atoms with van der Waals surface area (Å²) in [7, 11) is -4.62. The third kappa shape index (κ3) is 33.6. The lowest BCUT2D eigenvalue weighted by Gasteiger charge is -2.06. The van der Waals surface area contributed by atoms with E-state index in [4.69, 9.17) is 0 Å². The lowest BCUT2D eigenvalue weighted by atomic mass is 10.0. The van der Waals surface area contributed by atoms with Gasteiger partial charge in [0.1, 0.15) is 0 Å². The van der Waals surface area contributed by atoms with E-state index in [1.54, 1.807) is 0 Å². The molecular weight excluding hydrogens is 560 g/mol. The lowest BCUT2D eigenvalue weighted by Crippen LogP contribution is -2.19. The van der Waals surface area contributed by atoms with Crippen LogP contribution in [-0.2, 0) is 28.4 Å². The Balaban J connectivity index is 3.53. The first-order valence-electron chi connectivity index (χ1n) is 18.6. The Kier molecular flexibility index (Phi) is 31.5. The van der Waals surface area contributed by atoms with Crippen LogP contribution in [0.4, 0.5) is 0 Å². The number of carbonyl (C=O) groups excluding carboxylic acids is 2. The standard InChI is InChI=1S/C36H70O6S/c1-3-5-7-9-11-13-15-17-19-21-23-25-27-29-31-33-35(37)41-43(39,40)42-36(38)34-32-30-28-26-24-22-20-18-16-14-12-10-8-6-4-2/h3-34H2,1-2H3. The summed E-state index contributed by atoms with van der Waals surface area (Å²) in [6.07, 6.45) is 36.6. The van der Waals surface area contributed by atoms with Crippen LogP contribution in [0, 0.1) is 0 Å². The fraction of sp³-hybridized carbons (Fsp3) is 0.944. The normalized spacial score (nSPS) is 11.6. The number of hydrogen-bond acceptors (Lipinski definition) is 6. The molecule has 0 radical (unpaired) electrons. The Labute approximate surface area is 267 Å². The van der Waals surface area contributed by atoms with Crippen LogP contribution < -0.4 is 0 Å². The number of unbranched alkanes of at least 4 members (excludes halogenated alkanes) is 28. The molecule has 0 rings (SSSR count). The number of hydrogen-bond donors (Lipinski definition) is 0. The maximum atomic E-state index is 11.9. The summed E-state index contributed by atoms with van der Waals surface area (Å²) < 4.78 is 32.7. The van der Waals surface area contributed by atoms with Gasteiger partial charge in [0.05, 0.1) is 0 Å². The summed E-state index contributed by atoms with van der Waals surface area (Å²) in [6, 6.07) is 0. The molecule has 0 saturated carbocycles. The molecule has 6 nitrogen and oxygen atoms in total. The summed E-state index contributed by atoms with van der Waals surface area (Å²) in [6.45, 7) is 4.51. The SMILES string of the molecule is CCCCCCCCCCCCCCCCCC(=O)OS(=O)(=O)OC(=O)CCCCCCCCCCCCCCCCC. The Morgan fingerprint density at radius 2 is 0.535 bits per heavy atom. The Morgan fingerprint density at radius 1 is 0.349 bits per heavy atom. The zero-order valence-corrected chi connectivity index (χ0v) is 29.3. The van der Waals surface area contributed by atoms with Crippen molar-refractivity contribution in [2.24, 2.45) is 0 Å². The van der Waals surface area contributed by atoms with Gasteiger partial charge in [-0.1, -0.05) is 194 Å². The van der Waals surface area contributed by atoms with Crippen molar-refractivity contribution in [2.75, 3.05) is 0 Å². The summed E-state index contributed by atoms with van der Waals surface area (Å²) in [5.41, 5.74) is 0. The minimum Gasteiger partial charge on any atom is -0.316 e. The van der Waals surface area contributed by atoms with Gasteiger partial charge < -0.3 is 8.37 Å². The molecule has 7 heteroatoms. The maximum absolute atomic E-state index is 11.9. The van der Waals surface area contributed by atoms with Crippen molar-refractivity contribution in [3.63, 3.8) is 0 Å². The molecule has 0 aliphatic carbocycles. The molecule has 0 bridgehead atoms. The smallest absolute Gasteiger partial charge is 0.316 e. The van der Waals surface area contributed by atoms with Crippen molar-refractivity contribution in [1.82, 2.24) is 0 Å². The van der Waals surface area contributed by atoms with Gasteiger partial charge in [0, 0.05) is 12.8 Å². The molecule has 0 amide bonds. The van der Waals surface area contributed by atoms with Gasteiger partial charge in [0.15, 0.2) is 0 Å². The first-order valence-corrected chi connectivity index (χ1v) is 19.9. The molecule has 0 aliphatic heterocycles. The first kappa shape index (κ1) is 41.9. The van der Waals surface area contributed by atoms with E-state index in [-0.39, 0.29) is 12.8 Å². The van der Waals surface area contributed by atoms with Crippen molar-refractivity contribution in [3.05, 3.63) is 0 Å². The van der Waals surface area contributed by atoms with E-state index in [1.165, 1.54) is 141 Å². The van der Waals surface area contributed by atoms with Crippen LogP contribution in [0.5, 0.6) is 0 Å². The fourth-order valence-corrected chi connectivity index (χ4v) is 6.27. The van der Waals surface area contributed by atoms with Crippen molar-refractivity contribution >= 4 is 22.3 Å². The average molecular weight is 631 g/mol. The molecule has 0 fully saturated rings. The minimum absolute atomic E-state index is 0.0219. The molecular formula is C36H70O6S. The zero-order chi connectivity index (χ0) is 31.7. The second-order valence-electron chi connectivity index (χ2n) is 12.7. The van der Waals surface area contributed by atoms with Gasteiger partial charge in [-0.2, -0.15) is 0 Å². The van der Waals surface area contributed by atoms with E-state index in [0.29, 0.717) is 12.8 Å². The van der Waals surface area contributed by atoms with Gasteiger partial charge >= 0.3 is 22.3 Å². The molecule has 0 aromatic rings. The van der Waals surface area contributed by atoms with Crippen LogP contribution in [0.2, 0.25) is 0 Å². The summed E-state index contributed by atoms with van der Waals surface area (Å²) in [5, 5.41) is 0. The van der Waals surface area contributed by atoms with E-state index >= 15 is 0 Å². The molecule has 0 N–H and O–H groups in total. The molecule has 0 spiro atoms. The van der Waals surface area contributed by atoms with Crippen molar-refractivity contribution < 1.29 is 26.4 Å². The molecule has 43 heavy (non-hydrogen) atoms. The maximum Gasteiger partial charge on any atom is 0.506 e. The summed E-state index contributed by atoms with van der Waals surface area (Å²) in [5.74, 6) is -1.70. The second kappa shape index (κ2) is 32.3. The molecule has 256 valence electrons. The molecule has 0 heterocycles. The van der Waals surface area contributed by atoms with Gasteiger partial charge in [-0.3, -0.25) is 9.59 Å². The second-order valence-corrected chi connectivity index (χ2v) is 13.9. The molecule has 0 aromatic carbocycles. The molecule has 0 atom stereocenters. The predicted octanol–water partition coefficient (Wildman–Crippen LogP) is 11.8. The Morgan fingerprint density at radius 3 is 0.744 bits per heavy atom. The van der Waals surface area contributed by atoms with Gasteiger partial charge in [-0.25, -0.2) is 0 Å². The van der Waals surface area contributed by atoms with E-state index < -0.39 is 22.3 Å². The van der Waals surface area contributed by atoms with Crippen LogP contribution >= 0.6 is 0 Å². The summed E-state index contributed by atoms with van der Waals surface area (Å²) >= 11 is 0. The molecule has 0 aliphatic rings. The molecule has 0 aromatic heterocycles. The fourth-order valence-electron chi connectivity index (χ4n) is 5.61. The van der Waals surface area contributed by atoms with Crippen molar-refractivity contribution in [1.29, 1.82) is 0 Å². The largest absolute Gasteiger partial charge is 0.506 e. The zero-order valence-electron chi connectivity index (χ0n) is 28.5. The van der Waals surface area contributed by atoms with Crippen LogP contribution in [0.1, 0.15) is 219 Å². The monoisotopic (exact) mass is 630 g/mol. The Bertz CT molecular complexity index is 667. The number of rotatable bonds is 34. The van der Waals surface area contributed by atoms with E-state index in [2.05, 4.69) is 22.2 Å². The first-order chi connectivity index (χ1) is 20.9. The van der Waals surface area contributed by atoms with Gasteiger partial charge in [-0.05, 0) is 12.8 Å². The van der Waals surface area contributed by atoms with Gasteiger partial charge in [-0.15, -0.1) is 8.42 Å². The van der Waals surface area contributed by atoms with E-state index in [9.17, 15) is 18.0 Å². The Hall–Kier alpha value is -1.11. The third-order valence-corrected chi connectivity index (χ3v) is 9.14. The number of carbonyl (C=O) groups is 2. The average Bonchev–Trinajstić information content (AvgIpc) is 2.96. The highest BCUT2D eigenvalue weighted by Crippen LogP contribution is 2.16. The van der Waals surface area contributed by atoms with Crippen LogP contribution in [0.15, 0.2) is 0 Å². The topological polar surface area (TPSA) is 86.7 Å². The molecule has 0 unspecified atom stereocenters. The van der Waals surface area contributed by atoms with Crippen LogP contribution in [-0.4, -0.2) is 20.4 Å².